The van der Waals surface area contributed by atoms with Gasteiger partial charge < -0.3 is 14.0 Å². The SMILES string of the molecule is CC(C)c1cc(-c2[c-]cccc2)ncc1[Si](C)(C)C.Cc1ccc2c(n1)oc1c(-c3nc4ccccc4n3-c3ccc(-c4ccccc4)cc3C(C)(C)C)[c-]ccc12.[Ir]. The van der Waals surface area contributed by atoms with E-state index in [1.165, 1.54) is 27.4 Å². The molecule has 0 fully saturated rings. The van der Waals surface area contributed by atoms with Gasteiger partial charge in [-0.1, -0.05) is 125 Å². The van der Waals surface area contributed by atoms with Crippen molar-refractivity contribution in [2.45, 2.75) is 72.5 Å². The fourth-order valence-electron chi connectivity index (χ4n) is 7.74. The molecule has 9 aromatic rings. The summed E-state index contributed by atoms with van der Waals surface area (Å²) in [6, 6.07) is 50.7. The van der Waals surface area contributed by atoms with Crippen molar-refractivity contribution in [1.29, 1.82) is 0 Å². The average Bonchev–Trinajstić information content (AvgIpc) is 3.79. The number of imidazole rings is 1. The van der Waals surface area contributed by atoms with E-state index in [1.807, 2.05) is 49.4 Å². The molecule has 5 nitrogen and oxygen atoms in total. The quantitative estimate of drug-likeness (QED) is 0.123. The molecule has 0 saturated heterocycles. The molecule has 1 radical (unpaired) electrons. The van der Waals surface area contributed by atoms with Gasteiger partial charge in [-0.25, -0.2) is 4.98 Å². The van der Waals surface area contributed by atoms with Crippen LogP contribution in [0.2, 0.25) is 19.6 Å². The third-order valence-corrected chi connectivity index (χ3v) is 12.8. The summed E-state index contributed by atoms with van der Waals surface area (Å²) in [6.45, 7) is 20.4. The molecule has 0 amide bonds. The van der Waals surface area contributed by atoms with E-state index in [2.05, 4.69) is 172 Å². The summed E-state index contributed by atoms with van der Waals surface area (Å²) in [7, 11) is -1.34. The van der Waals surface area contributed by atoms with E-state index in [0.29, 0.717) is 11.6 Å². The number of para-hydroxylation sites is 2. The minimum Gasteiger partial charge on any atom is -0.486 e. The van der Waals surface area contributed by atoms with Gasteiger partial charge in [-0.15, -0.1) is 54.1 Å². The van der Waals surface area contributed by atoms with E-state index in [4.69, 9.17) is 9.40 Å². The van der Waals surface area contributed by atoms with Gasteiger partial charge in [0.1, 0.15) is 0 Å². The van der Waals surface area contributed by atoms with Crippen molar-refractivity contribution in [1.82, 2.24) is 19.5 Å². The number of aryl methyl sites for hydroxylation is 1. The van der Waals surface area contributed by atoms with Crippen LogP contribution in [-0.2, 0) is 25.5 Å². The smallest absolute Gasteiger partial charge is 0.216 e. The number of rotatable bonds is 6. The van der Waals surface area contributed by atoms with Crippen molar-refractivity contribution in [3.8, 4) is 39.5 Å². The second kappa shape index (κ2) is 16.7. The maximum Gasteiger partial charge on any atom is 0.216 e. The third kappa shape index (κ3) is 8.38. The van der Waals surface area contributed by atoms with Crippen molar-refractivity contribution in [2.75, 3.05) is 0 Å². The van der Waals surface area contributed by atoms with Crippen LogP contribution in [0, 0.1) is 19.1 Å². The summed E-state index contributed by atoms with van der Waals surface area (Å²) >= 11 is 0. The van der Waals surface area contributed by atoms with Gasteiger partial charge in [0.15, 0.2) is 0 Å². The molecule has 4 heterocycles. The fraction of sp³-hybridized carbons (Fsp3) is 0.212. The van der Waals surface area contributed by atoms with E-state index in [0.717, 1.165) is 61.4 Å². The molecule has 0 bridgehead atoms. The molecular weight excluding hydrogens is 917 g/mol. The first-order valence-electron chi connectivity index (χ1n) is 20.1. The molecule has 0 aliphatic carbocycles. The molecule has 0 spiro atoms. The van der Waals surface area contributed by atoms with Crippen molar-refractivity contribution in [3.05, 3.63) is 163 Å². The first kappa shape index (κ1) is 41.7. The van der Waals surface area contributed by atoms with Crippen LogP contribution in [0.15, 0.2) is 138 Å². The Morgan fingerprint density at radius 2 is 1.47 bits per heavy atom. The number of furan rings is 1. The van der Waals surface area contributed by atoms with Crippen molar-refractivity contribution < 1.29 is 24.5 Å². The van der Waals surface area contributed by atoms with Crippen molar-refractivity contribution in [2.24, 2.45) is 0 Å². The number of aromatic nitrogens is 4. The van der Waals surface area contributed by atoms with Gasteiger partial charge in [0.05, 0.1) is 30.5 Å². The Hall–Kier alpha value is -5.46. The molecule has 0 unspecified atom stereocenters. The van der Waals surface area contributed by atoms with Crippen LogP contribution < -0.4 is 5.19 Å². The number of hydrogen-bond donors (Lipinski definition) is 0. The molecule has 4 aromatic heterocycles. The Morgan fingerprint density at radius 1 is 0.729 bits per heavy atom. The number of hydrogen-bond acceptors (Lipinski definition) is 4. The summed E-state index contributed by atoms with van der Waals surface area (Å²) in [5, 5.41) is 3.48. The number of benzene rings is 5. The predicted octanol–water partition coefficient (Wildman–Crippen LogP) is 13.3. The molecule has 0 aliphatic heterocycles. The molecule has 9 rings (SSSR count). The maximum absolute atomic E-state index is 6.38. The van der Waals surface area contributed by atoms with E-state index < -0.39 is 8.07 Å². The Bertz CT molecular complexity index is 2900. The summed E-state index contributed by atoms with van der Waals surface area (Å²) in [5.41, 5.74) is 13.3. The first-order chi connectivity index (χ1) is 27.8. The molecule has 59 heavy (non-hydrogen) atoms. The van der Waals surface area contributed by atoms with Crippen LogP contribution in [0.4, 0.5) is 0 Å². The fourth-order valence-corrected chi connectivity index (χ4v) is 9.41. The van der Waals surface area contributed by atoms with Gasteiger partial charge in [-0.3, -0.25) is 4.98 Å². The zero-order valence-electron chi connectivity index (χ0n) is 35.3. The van der Waals surface area contributed by atoms with Crippen molar-refractivity contribution in [3.63, 3.8) is 0 Å². The predicted molar refractivity (Wildman–Crippen MR) is 245 cm³/mol. The summed E-state index contributed by atoms with van der Waals surface area (Å²) in [6.07, 6.45) is 2.09. The molecule has 0 atom stereocenters. The van der Waals surface area contributed by atoms with Crippen LogP contribution in [0.5, 0.6) is 0 Å². The first-order valence-corrected chi connectivity index (χ1v) is 23.6. The van der Waals surface area contributed by atoms with Crippen molar-refractivity contribution >= 4 is 46.4 Å². The van der Waals surface area contributed by atoms with Gasteiger partial charge in [0.25, 0.3) is 0 Å². The zero-order valence-corrected chi connectivity index (χ0v) is 38.7. The monoisotopic (exact) mass is 967 g/mol. The van der Waals surface area contributed by atoms with Gasteiger partial charge in [-0.2, -0.15) is 0 Å². The van der Waals surface area contributed by atoms with Gasteiger partial charge in [0.2, 0.25) is 5.71 Å². The topological polar surface area (TPSA) is 56.7 Å². The average molecular weight is 967 g/mol. The molecular formula is C52H50IrN4OSi-2. The van der Waals surface area contributed by atoms with Crippen LogP contribution in [0.25, 0.3) is 72.6 Å². The van der Waals surface area contributed by atoms with Gasteiger partial charge in [0, 0.05) is 43.1 Å². The summed E-state index contributed by atoms with van der Waals surface area (Å²) in [4.78, 5) is 14.5. The molecule has 299 valence electrons. The van der Waals surface area contributed by atoms with Crippen LogP contribution in [0.3, 0.4) is 0 Å². The Balaban J connectivity index is 0.000000223. The second-order valence-corrected chi connectivity index (χ2v) is 22.5. The van der Waals surface area contributed by atoms with Gasteiger partial charge >= 0.3 is 0 Å². The standard InChI is InChI=1S/C35H28N3O.C17H22NSi.Ir/c1-22-17-19-26-25-13-10-14-27(32(25)39-34(26)36-22)33-37-29-15-8-9-16-31(29)38(33)30-20-18-24(21-28(30)35(2,3)4)23-11-6-5-7-12-23;1-13(2)15-11-16(14-9-7-6-8-10-14)18-12-17(15)19(3,4)5;/h5-13,15-21H,1-4H3;6-9,11-13H,1-5H3;/q2*-1;. The molecule has 5 aromatic carbocycles. The van der Waals surface area contributed by atoms with E-state index in [-0.39, 0.29) is 25.5 Å². The summed E-state index contributed by atoms with van der Waals surface area (Å²) in [5.74, 6) is 1.34. The van der Waals surface area contributed by atoms with E-state index in [1.54, 1.807) is 0 Å². The molecule has 0 N–H and O–H groups in total. The largest absolute Gasteiger partial charge is 0.486 e. The number of pyridine rings is 2. The van der Waals surface area contributed by atoms with Crippen LogP contribution >= 0.6 is 0 Å². The minimum atomic E-state index is -1.34. The Morgan fingerprint density at radius 3 is 2.19 bits per heavy atom. The number of fused-ring (bicyclic) bond motifs is 4. The molecule has 0 aliphatic rings. The third-order valence-electron chi connectivity index (χ3n) is 10.7. The van der Waals surface area contributed by atoms with Crippen LogP contribution in [-0.4, -0.2) is 27.6 Å². The normalized spacial score (nSPS) is 11.8. The molecule has 7 heteroatoms. The second-order valence-electron chi connectivity index (χ2n) is 17.4. The van der Waals surface area contributed by atoms with E-state index >= 15 is 0 Å². The van der Waals surface area contributed by atoms with E-state index in [9.17, 15) is 0 Å². The van der Waals surface area contributed by atoms with Crippen LogP contribution in [0.1, 0.15) is 57.4 Å². The Kier molecular flexibility index (Phi) is 11.8. The Labute approximate surface area is 363 Å². The van der Waals surface area contributed by atoms with Gasteiger partial charge in [-0.05, 0) is 82.2 Å². The zero-order chi connectivity index (χ0) is 40.8. The minimum absolute atomic E-state index is 0. The maximum atomic E-state index is 6.38. The molecule has 0 saturated carbocycles. The number of nitrogens with zero attached hydrogens (tertiary/aromatic N) is 4. The summed E-state index contributed by atoms with van der Waals surface area (Å²) < 4.78 is 8.65.